The molecule has 2 aromatic rings. The number of para-hydroxylation sites is 1. The number of aryl methyl sites for hydroxylation is 1. The quantitative estimate of drug-likeness (QED) is 0.689. The first kappa shape index (κ1) is 16.4. The van der Waals surface area contributed by atoms with Gasteiger partial charge < -0.3 is 15.4 Å². The molecule has 0 fully saturated rings. The fourth-order valence-electron chi connectivity index (χ4n) is 2.30. The molecule has 0 radical (unpaired) electrons. The zero-order valence-electron chi connectivity index (χ0n) is 13.0. The highest BCUT2D eigenvalue weighted by atomic mass is 16.5. The van der Waals surface area contributed by atoms with Crippen LogP contribution in [0.4, 0.5) is 0 Å². The summed E-state index contributed by atoms with van der Waals surface area (Å²) in [6.45, 7) is 2.88. The van der Waals surface area contributed by atoms with Crippen LogP contribution in [0.25, 0.3) is 10.9 Å². The summed E-state index contributed by atoms with van der Waals surface area (Å²) in [5, 5.41) is 7.24. The molecule has 0 unspecified atom stereocenters. The third-order valence-corrected chi connectivity index (χ3v) is 3.47. The molecule has 1 heterocycles. The highest BCUT2D eigenvalue weighted by molar-refractivity contribution is 5.83. The van der Waals surface area contributed by atoms with Gasteiger partial charge in [0.2, 0.25) is 5.91 Å². The lowest BCUT2D eigenvalue weighted by Crippen LogP contribution is -2.33. The van der Waals surface area contributed by atoms with E-state index in [0.717, 1.165) is 30.4 Å². The number of amides is 1. The van der Waals surface area contributed by atoms with Crippen molar-refractivity contribution < 1.29 is 9.53 Å². The Hall–Kier alpha value is -1.98. The van der Waals surface area contributed by atoms with Crippen LogP contribution >= 0.6 is 0 Å². The van der Waals surface area contributed by atoms with Crippen LogP contribution in [-0.4, -0.2) is 44.2 Å². The average molecular weight is 301 g/mol. The number of fused-ring (bicyclic) bond motifs is 1. The smallest absolute Gasteiger partial charge is 0.220 e. The van der Waals surface area contributed by atoms with Crippen molar-refractivity contribution in [2.75, 3.05) is 33.4 Å². The minimum atomic E-state index is 0.0782. The molecule has 22 heavy (non-hydrogen) atoms. The van der Waals surface area contributed by atoms with Crippen molar-refractivity contribution in [2.24, 2.45) is 0 Å². The predicted octanol–water partition coefficient (Wildman–Crippen LogP) is 1.52. The van der Waals surface area contributed by atoms with Crippen LogP contribution in [0.2, 0.25) is 0 Å². The molecule has 0 saturated carbocycles. The summed E-state index contributed by atoms with van der Waals surface area (Å²) in [6, 6.07) is 10.0. The zero-order chi connectivity index (χ0) is 15.6. The molecule has 1 aromatic heterocycles. The molecule has 0 atom stereocenters. The summed E-state index contributed by atoms with van der Waals surface area (Å²) < 4.78 is 4.94. The molecule has 5 heteroatoms. The fourth-order valence-corrected chi connectivity index (χ4v) is 2.30. The molecule has 5 nitrogen and oxygen atoms in total. The molecule has 118 valence electrons. The molecule has 2 rings (SSSR count). The summed E-state index contributed by atoms with van der Waals surface area (Å²) in [4.78, 5) is 16.2. The van der Waals surface area contributed by atoms with Gasteiger partial charge in [-0.3, -0.25) is 9.78 Å². The third-order valence-electron chi connectivity index (χ3n) is 3.47. The van der Waals surface area contributed by atoms with Crippen LogP contribution in [0.3, 0.4) is 0 Å². The molecule has 0 saturated heterocycles. The normalized spacial score (nSPS) is 10.8. The molecule has 2 N–H and O–H groups in total. The zero-order valence-corrected chi connectivity index (χ0v) is 13.0. The molecule has 1 aromatic carbocycles. The van der Waals surface area contributed by atoms with Gasteiger partial charge in [0.15, 0.2) is 0 Å². The van der Waals surface area contributed by atoms with Crippen molar-refractivity contribution in [3.8, 4) is 0 Å². The minimum absolute atomic E-state index is 0.0782. The van der Waals surface area contributed by atoms with Crippen molar-refractivity contribution in [2.45, 2.75) is 12.8 Å². The summed E-state index contributed by atoms with van der Waals surface area (Å²) in [5.41, 5.74) is 2.14. The van der Waals surface area contributed by atoms with Crippen LogP contribution in [-0.2, 0) is 16.0 Å². The lowest BCUT2D eigenvalue weighted by Gasteiger charge is -2.08. The van der Waals surface area contributed by atoms with Crippen molar-refractivity contribution in [3.63, 3.8) is 0 Å². The number of hydrogen-bond donors (Lipinski definition) is 2. The highest BCUT2D eigenvalue weighted by Crippen LogP contribution is 2.17. The Morgan fingerprint density at radius 2 is 2.05 bits per heavy atom. The van der Waals surface area contributed by atoms with E-state index in [1.165, 1.54) is 5.56 Å². The van der Waals surface area contributed by atoms with Crippen molar-refractivity contribution in [1.29, 1.82) is 0 Å². The van der Waals surface area contributed by atoms with Gasteiger partial charge in [-0.05, 0) is 24.1 Å². The number of carbonyl (C=O) groups is 1. The number of nitrogens with zero attached hydrogens (tertiary/aromatic N) is 1. The van der Waals surface area contributed by atoms with E-state index in [1.807, 2.05) is 24.3 Å². The molecule has 0 aliphatic heterocycles. The van der Waals surface area contributed by atoms with Crippen molar-refractivity contribution in [1.82, 2.24) is 15.6 Å². The van der Waals surface area contributed by atoms with E-state index in [0.29, 0.717) is 19.6 Å². The third kappa shape index (κ3) is 5.09. The SMILES string of the molecule is COCCNCCNC(=O)CCc1ccnc2ccccc12. The molecule has 0 spiro atoms. The second-order valence-corrected chi connectivity index (χ2v) is 5.08. The first-order valence-corrected chi connectivity index (χ1v) is 7.60. The summed E-state index contributed by atoms with van der Waals surface area (Å²) in [5.74, 6) is 0.0782. The van der Waals surface area contributed by atoms with E-state index in [4.69, 9.17) is 4.74 Å². The van der Waals surface area contributed by atoms with Crippen LogP contribution in [0.1, 0.15) is 12.0 Å². The molecule has 1 amide bonds. The number of carbonyl (C=O) groups excluding carboxylic acids is 1. The second-order valence-electron chi connectivity index (χ2n) is 5.08. The summed E-state index contributed by atoms with van der Waals surface area (Å²) >= 11 is 0. The first-order chi connectivity index (χ1) is 10.8. The fraction of sp³-hybridized carbons (Fsp3) is 0.412. The second kappa shape index (κ2) is 9.12. The van der Waals surface area contributed by atoms with Crippen molar-refractivity contribution in [3.05, 3.63) is 42.1 Å². The van der Waals surface area contributed by atoms with Gasteiger partial charge >= 0.3 is 0 Å². The monoisotopic (exact) mass is 301 g/mol. The maximum Gasteiger partial charge on any atom is 0.220 e. The number of rotatable bonds is 9. The van der Waals surface area contributed by atoms with Gasteiger partial charge in [0.05, 0.1) is 12.1 Å². The number of pyridine rings is 1. The predicted molar refractivity (Wildman–Crippen MR) is 87.8 cm³/mol. The Balaban J connectivity index is 1.74. The molecular formula is C17H23N3O2. The van der Waals surface area contributed by atoms with Crippen LogP contribution in [0, 0.1) is 0 Å². The summed E-state index contributed by atoms with van der Waals surface area (Å²) in [6.07, 6.45) is 3.02. The highest BCUT2D eigenvalue weighted by Gasteiger charge is 2.05. The van der Waals surface area contributed by atoms with E-state index in [-0.39, 0.29) is 5.91 Å². The number of aromatic nitrogens is 1. The Labute approximate surface area is 131 Å². The van der Waals surface area contributed by atoms with Crippen LogP contribution < -0.4 is 10.6 Å². The Morgan fingerprint density at radius 1 is 1.18 bits per heavy atom. The van der Waals surface area contributed by atoms with E-state index in [2.05, 4.69) is 21.7 Å². The standard InChI is InChI=1S/C17H23N3O2/c1-22-13-12-18-10-11-20-17(21)7-6-14-8-9-19-16-5-3-2-4-15(14)16/h2-5,8-9,18H,6-7,10-13H2,1H3,(H,20,21). The Bertz CT molecular complexity index is 596. The topological polar surface area (TPSA) is 63.2 Å². The molecule has 0 aliphatic carbocycles. The van der Waals surface area contributed by atoms with Gasteiger partial charge in [0.1, 0.15) is 0 Å². The average Bonchev–Trinajstić information content (AvgIpc) is 2.56. The number of hydrogen-bond acceptors (Lipinski definition) is 4. The van der Waals surface area contributed by atoms with Crippen LogP contribution in [0.15, 0.2) is 36.5 Å². The van der Waals surface area contributed by atoms with Gasteiger partial charge in [-0.2, -0.15) is 0 Å². The van der Waals surface area contributed by atoms with E-state index in [9.17, 15) is 4.79 Å². The first-order valence-electron chi connectivity index (χ1n) is 7.60. The largest absolute Gasteiger partial charge is 0.383 e. The molecule has 0 bridgehead atoms. The van der Waals surface area contributed by atoms with Crippen LogP contribution in [0.5, 0.6) is 0 Å². The van der Waals surface area contributed by atoms with Gasteiger partial charge in [-0.25, -0.2) is 0 Å². The lowest BCUT2D eigenvalue weighted by molar-refractivity contribution is -0.121. The Morgan fingerprint density at radius 3 is 2.91 bits per heavy atom. The molecular weight excluding hydrogens is 278 g/mol. The van der Waals surface area contributed by atoms with E-state index < -0.39 is 0 Å². The number of nitrogens with one attached hydrogen (secondary N) is 2. The van der Waals surface area contributed by atoms with E-state index in [1.54, 1.807) is 13.3 Å². The maximum absolute atomic E-state index is 11.9. The molecule has 0 aliphatic rings. The van der Waals surface area contributed by atoms with Gasteiger partial charge in [-0.15, -0.1) is 0 Å². The van der Waals surface area contributed by atoms with Crippen molar-refractivity contribution >= 4 is 16.8 Å². The van der Waals surface area contributed by atoms with E-state index >= 15 is 0 Å². The van der Waals surface area contributed by atoms with Gasteiger partial charge in [-0.1, -0.05) is 18.2 Å². The van der Waals surface area contributed by atoms with Gasteiger partial charge in [0.25, 0.3) is 0 Å². The maximum atomic E-state index is 11.9. The summed E-state index contributed by atoms with van der Waals surface area (Å²) in [7, 11) is 1.67. The van der Waals surface area contributed by atoms with Gasteiger partial charge in [0, 0.05) is 44.7 Å². The number of methoxy groups -OCH3 is 1. The lowest BCUT2D eigenvalue weighted by atomic mass is 10.0. The number of ether oxygens (including phenoxy) is 1. The number of benzene rings is 1. The Kier molecular flexibility index (Phi) is 6.80. The minimum Gasteiger partial charge on any atom is -0.383 e.